The van der Waals surface area contributed by atoms with Crippen molar-refractivity contribution in [2.45, 2.75) is 31.9 Å². The smallest absolute Gasteiger partial charge is 0.338 e. The van der Waals surface area contributed by atoms with Crippen LogP contribution in [0.2, 0.25) is 0 Å². The van der Waals surface area contributed by atoms with Crippen molar-refractivity contribution in [2.24, 2.45) is 0 Å². The lowest BCUT2D eigenvalue weighted by atomic mass is 9.91. The number of amides is 3. The SMILES string of the molecule is CCOC(=O)c1ccc(OCC(O)CN2C(=O)NC(C)(c3ccc4c(c3)OCCCO4)C2=O)cc1. The molecule has 2 atom stereocenters. The number of fused-ring (bicyclic) bond motifs is 1. The molecular formula is C25H28N2O8. The molecule has 0 saturated carbocycles. The van der Waals surface area contributed by atoms with Gasteiger partial charge in [0.15, 0.2) is 11.5 Å². The molecule has 2 aromatic carbocycles. The number of imide groups is 1. The summed E-state index contributed by atoms with van der Waals surface area (Å²) < 4.78 is 21.8. The first kappa shape index (κ1) is 24.3. The highest BCUT2D eigenvalue weighted by molar-refractivity contribution is 6.07. The quantitative estimate of drug-likeness (QED) is 0.432. The van der Waals surface area contributed by atoms with E-state index in [0.29, 0.717) is 41.6 Å². The number of hydrogen-bond donors (Lipinski definition) is 2. The van der Waals surface area contributed by atoms with Crippen LogP contribution in [0.15, 0.2) is 42.5 Å². The summed E-state index contributed by atoms with van der Waals surface area (Å²) in [4.78, 5) is 38.5. The highest BCUT2D eigenvalue weighted by Gasteiger charge is 2.49. The molecule has 0 aliphatic carbocycles. The molecular weight excluding hydrogens is 456 g/mol. The Morgan fingerprint density at radius 1 is 1.14 bits per heavy atom. The number of aliphatic hydroxyl groups is 1. The second-order valence-corrected chi connectivity index (χ2v) is 8.39. The van der Waals surface area contributed by atoms with Crippen LogP contribution in [-0.2, 0) is 15.1 Å². The van der Waals surface area contributed by atoms with Crippen LogP contribution in [0, 0.1) is 0 Å². The Balaban J connectivity index is 1.37. The summed E-state index contributed by atoms with van der Waals surface area (Å²) in [7, 11) is 0. The second-order valence-electron chi connectivity index (χ2n) is 8.39. The van der Waals surface area contributed by atoms with Crippen LogP contribution < -0.4 is 19.5 Å². The van der Waals surface area contributed by atoms with E-state index in [4.69, 9.17) is 18.9 Å². The third-order valence-corrected chi connectivity index (χ3v) is 5.80. The number of nitrogens with one attached hydrogen (secondary N) is 1. The van der Waals surface area contributed by atoms with E-state index in [1.54, 1.807) is 56.3 Å². The predicted molar refractivity (Wildman–Crippen MR) is 124 cm³/mol. The van der Waals surface area contributed by atoms with Gasteiger partial charge in [-0.25, -0.2) is 9.59 Å². The van der Waals surface area contributed by atoms with E-state index >= 15 is 0 Å². The minimum absolute atomic E-state index is 0.156. The van der Waals surface area contributed by atoms with Gasteiger partial charge in [0.2, 0.25) is 0 Å². The standard InChI is InChI=1S/C25H28N2O8/c1-3-32-22(29)16-5-8-19(9-6-16)35-15-18(28)14-27-23(30)25(2,26-24(27)31)17-7-10-20-21(13-17)34-12-4-11-33-20/h5-10,13,18,28H,3-4,11-12,14-15H2,1-2H3,(H,26,31). The van der Waals surface area contributed by atoms with Crippen molar-refractivity contribution < 1.29 is 38.4 Å². The zero-order valence-corrected chi connectivity index (χ0v) is 19.6. The van der Waals surface area contributed by atoms with Crippen molar-refractivity contribution in [3.05, 3.63) is 53.6 Å². The Kier molecular flexibility index (Phi) is 7.11. The van der Waals surface area contributed by atoms with Gasteiger partial charge >= 0.3 is 12.0 Å². The summed E-state index contributed by atoms with van der Waals surface area (Å²) in [6.45, 7) is 4.25. The fraction of sp³-hybridized carbons (Fsp3) is 0.400. The lowest BCUT2D eigenvalue weighted by Crippen LogP contribution is -2.42. The average molecular weight is 485 g/mol. The van der Waals surface area contributed by atoms with E-state index in [0.717, 1.165) is 11.3 Å². The van der Waals surface area contributed by atoms with Gasteiger partial charge in [-0.05, 0) is 55.8 Å². The first-order valence-corrected chi connectivity index (χ1v) is 11.4. The molecule has 2 N–H and O–H groups in total. The van der Waals surface area contributed by atoms with E-state index in [1.165, 1.54) is 0 Å². The number of ether oxygens (including phenoxy) is 4. The Morgan fingerprint density at radius 2 is 1.86 bits per heavy atom. The minimum atomic E-state index is -1.31. The van der Waals surface area contributed by atoms with E-state index in [-0.39, 0.29) is 19.8 Å². The molecule has 2 aliphatic heterocycles. The minimum Gasteiger partial charge on any atom is -0.491 e. The Morgan fingerprint density at radius 3 is 2.57 bits per heavy atom. The number of aliphatic hydroxyl groups excluding tert-OH is 1. The highest BCUT2D eigenvalue weighted by Crippen LogP contribution is 2.36. The van der Waals surface area contributed by atoms with Crippen LogP contribution >= 0.6 is 0 Å². The third kappa shape index (κ3) is 5.17. The van der Waals surface area contributed by atoms with Gasteiger partial charge in [-0.15, -0.1) is 0 Å². The molecule has 2 aromatic rings. The molecule has 0 spiro atoms. The van der Waals surface area contributed by atoms with Crippen molar-refractivity contribution in [1.29, 1.82) is 0 Å². The van der Waals surface area contributed by atoms with Gasteiger partial charge in [0.1, 0.15) is 24.0 Å². The van der Waals surface area contributed by atoms with Crippen LogP contribution in [0.3, 0.4) is 0 Å². The predicted octanol–water partition coefficient (Wildman–Crippen LogP) is 2.23. The molecule has 3 amide bonds. The zero-order chi connectivity index (χ0) is 25.0. The van der Waals surface area contributed by atoms with Crippen LogP contribution in [0.4, 0.5) is 4.79 Å². The van der Waals surface area contributed by atoms with E-state index < -0.39 is 29.6 Å². The fourth-order valence-corrected chi connectivity index (χ4v) is 3.89. The Labute approximate surface area is 202 Å². The molecule has 35 heavy (non-hydrogen) atoms. The summed E-state index contributed by atoms with van der Waals surface area (Å²) in [6, 6.07) is 10.8. The first-order chi connectivity index (χ1) is 16.8. The van der Waals surface area contributed by atoms with Gasteiger partial charge in [-0.3, -0.25) is 9.69 Å². The van der Waals surface area contributed by atoms with Gasteiger partial charge in [0.05, 0.1) is 31.9 Å². The van der Waals surface area contributed by atoms with Gasteiger partial charge in [0.25, 0.3) is 5.91 Å². The average Bonchev–Trinajstić information content (AvgIpc) is 3.01. The number of nitrogens with zero attached hydrogens (tertiary/aromatic N) is 1. The molecule has 2 unspecified atom stereocenters. The van der Waals surface area contributed by atoms with Gasteiger partial charge < -0.3 is 29.4 Å². The van der Waals surface area contributed by atoms with Crippen molar-refractivity contribution in [3.63, 3.8) is 0 Å². The maximum atomic E-state index is 13.2. The van der Waals surface area contributed by atoms with Crippen LogP contribution in [0.1, 0.15) is 36.2 Å². The molecule has 10 heteroatoms. The third-order valence-electron chi connectivity index (χ3n) is 5.80. The monoisotopic (exact) mass is 484 g/mol. The van der Waals surface area contributed by atoms with Crippen molar-refractivity contribution in [3.8, 4) is 17.2 Å². The lowest BCUT2D eigenvalue weighted by Gasteiger charge is -2.24. The highest BCUT2D eigenvalue weighted by atomic mass is 16.5. The molecule has 4 rings (SSSR count). The van der Waals surface area contributed by atoms with Crippen LogP contribution in [0.5, 0.6) is 17.2 Å². The van der Waals surface area contributed by atoms with Crippen molar-refractivity contribution in [1.82, 2.24) is 10.2 Å². The number of carbonyl (C=O) groups is 3. The number of esters is 1. The molecule has 0 bridgehead atoms. The van der Waals surface area contributed by atoms with Gasteiger partial charge in [0, 0.05) is 6.42 Å². The number of carbonyl (C=O) groups excluding carboxylic acids is 3. The Hall–Kier alpha value is -3.79. The van der Waals surface area contributed by atoms with E-state index in [2.05, 4.69) is 5.32 Å². The Bertz CT molecular complexity index is 1100. The number of urea groups is 1. The molecule has 1 saturated heterocycles. The number of β-amino-alcohol motifs (C(OH)–C–C–N with tert-alkyl or cyclic N) is 1. The summed E-state index contributed by atoms with van der Waals surface area (Å²) in [5, 5.41) is 13.2. The topological polar surface area (TPSA) is 124 Å². The normalized spacial score (nSPS) is 20.1. The van der Waals surface area contributed by atoms with Crippen LogP contribution in [-0.4, -0.2) is 67.0 Å². The van der Waals surface area contributed by atoms with Gasteiger partial charge in [-0.2, -0.15) is 0 Å². The summed E-state index contributed by atoms with van der Waals surface area (Å²) in [6.07, 6.45) is -0.374. The summed E-state index contributed by atoms with van der Waals surface area (Å²) in [5.41, 5.74) is -0.381. The van der Waals surface area contributed by atoms with E-state index in [9.17, 15) is 19.5 Å². The lowest BCUT2D eigenvalue weighted by molar-refractivity contribution is -0.132. The second kappa shape index (κ2) is 10.2. The maximum absolute atomic E-state index is 13.2. The summed E-state index contributed by atoms with van der Waals surface area (Å²) >= 11 is 0. The largest absolute Gasteiger partial charge is 0.491 e. The maximum Gasteiger partial charge on any atom is 0.338 e. The first-order valence-electron chi connectivity index (χ1n) is 11.4. The van der Waals surface area contributed by atoms with Gasteiger partial charge in [-0.1, -0.05) is 6.07 Å². The molecule has 2 aliphatic rings. The molecule has 10 nitrogen and oxygen atoms in total. The summed E-state index contributed by atoms with van der Waals surface area (Å²) in [5.74, 6) is 0.603. The molecule has 0 aromatic heterocycles. The van der Waals surface area contributed by atoms with Crippen LogP contribution in [0.25, 0.3) is 0 Å². The van der Waals surface area contributed by atoms with Crippen molar-refractivity contribution >= 4 is 17.9 Å². The number of benzene rings is 2. The fourth-order valence-electron chi connectivity index (χ4n) is 3.89. The van der Waals surface area contributed by atoms with Crippen molar-refractivity contribution in [2.75, 3.05) is 33.0 Å². The number of rotatable bonds is 8. The molecule has 186 valence electrons. The molecule has 0 radical (unpaired) electrons. The molecule has 1 fully saturated rings. The zero-order valence-electron chi connectivity index (χ0n) is 19.6. The number of hydrogen-bond acceptors (Lipinski definition) is 8. The molecule has 2 heterocycles. The van der Waals surface area contributed by atoms with E-state index in [1.807, 2.05) is 0 Å².